The van der Waals surface area contributed by atoms with Gasteiger partial charge in [0, 0.05) is 13.1 Å². The molecule has 1 heterocycles. The third kappa shape index (κ3) is 5.65. The molecule has 1 aromatic carbocycles. The lowest BCUT2D eigenvalue weighted by Crippen LogP contribution is -2.54. The van der Waals surface area contributed by atoms with Crippen LogP contribution in [-0.4, -0.2) is 53.2 Å². The Kier molecular flexibility index (Phi) is 6.59. The van der Waals surface area contributed by atoms with E-state index < -0.39 is 29.9 Å². The van der Waals surface area contributed by atoms with E-state index in [0.717, 1.165) is 0 Å². The lowest BCUT2D eigenvalue weighted by atomic mass is 10.0. The van der Waals surface area contributed by atoms with Gasteiger partial charge in [0.15, 0.2) is 0 Å². The molecule has 0 aliphatic carbocycles. The fourth-order valence-corrected chi connectivity index (χ4v) is 3.17. The van der Waals surface area contributed by atoms with Crippen molar-refractivity contribution < 1.29 is 24.5 Å². The van der Waals surface area contributed by atoms with Crippen LogP contribution in [0, 0.1) is 11.3 Å². The Balaban J connectivity index is 2.18. The molecule has 1 aromatic rings. The summed E-state index contributed by atoms with van der Waals surface area (Å²) >= 11 is 6.34. The number of aliphatic hydroxyl groups excluding tert-OH is 1. The Hall–Kier alpha value is -2.70. The molecule has 0 unspecified atom stereocenters. The number of nitriles is 1. The van der Waals surface area contributed by atoms with Gasteiger partial charge in [-0.2, -0.15) is 5.26 Å². The van der Waals surface area contributed by atoms with Gasteiger partial charge in [-0.05, 0) is 39.3 Å². The average molecular weight is 411 g/mol. The number of anilines is 2. The number of piperidine rings is 1. The molecule has 2 rings (SSSR count). The van der Waals surface area contributed by atoms with E-state index in [-0.39, 0.29) is 22.8 Å². The first-order chi connectivity index (χ1) is 13.0. The third-order valence-electron chi connectivity index (χ3n) is 4.07. The predicted molar refractivity (Wildman–Crippen MR) is 104 cm³/mol. The summed E-state index contributed by atoms with van der Waals surface area (Å²) in [7, 11) is 0. The second kappa shape index (κ2) is 8.54. The Morgan fingerprint density at radius 1 is 1.39 bits per heavy atom. The van der Waals surface area contributed by atoms with E-state index in [9.17, 15) is 20.0 Å². The van der Waals surface area contributed by atoms with Crippen molar-refractivity contribution in [3.63, 3.8) is 0 Å². The number of carbonyl (C=O) groups is 2. The quantitative estimate of drug-likeness (QED) is 0.601. The number of β-amino-alcohol motifs (C(OH)–C–C–N with tert-alkyl or cyclic N) is 1. The first-order valence-corrected chi connectivity index (χ1v) is 9.04. The van der Waals surface area contributed by atoms with Crippen LogP contribution in [0.3, 0.4) is 0 Å². The van der Waals surface area contributed by atoms with Crippen LogP contribution >= 0.6 is 11.6 Å². The maximum atomic E-state index is 12.0. The second-order valence-electron chi connectivity index (χ2n) is 7.45. The number of carbonyl (C=O) groups excluding carboxylic acids is 1. The first-order valence-electron chi connectivity index (χ1n) is 8.66. The maximum absolute atomic E-state index is 12.0. The van der Waals surface area contributed by atoms with Gasteiger partial charge >= 0.3 is 12.2 Å². The molecule has 0 spiro atoms. The predicted octanol–water partition coefficient (Wildman–Crippen LogP) is 2.77. The van der Waals surface area contributed by atoms with Crippen LogP contribution in [0.2, 0.25) is 5.02 Å². The minimum Gasteiger partial charge on any atom is -0.465 e. The zero-order valence-electron chi connectivity index (χ0n) is 15.8. The number of amides is 2. The molecular formula is C18H23ClN4O5. The van der Waals surface area contributed by atoms with Crippen LogP contribution < -0.4 is 15.5 Å². The summed E-state index contributed by atoms with van der Waals surface area (Å²) in [5.74, 6) is 0. The van der Waals surface area contributed by atoms with E-state index in [2.05, 4.69) is 10.6 Å². The number of hydrogen-bond donors (Lipinski definition) is 4. The normalized spacial score (nSPS) is 19.5. The summed E-state index contributed by atoms with van der Waals surface area (Å²) < 4.78 is 5.18. The second-order valence-corrected chi connectivity index (χ2v) is 7.85. The molecule has 0 radical (unpaired) electrons. The van der Waals surface area contributed by atoms with Gasteiger partial charge in [-0.3, -0.25) is 5.32 Å². The monoisotopic (exact) mass is 410 g/mol. The smallest absolute Gasteiger partial charge is 0.412 e. The molecule has 1 saturated heterocycles. The molecule has 0 aromatic heterocycles. The van der Waals surface area contributed by atoms with E-state index >= 15 is 0 Å². The number of benzene rings is 1. The van der Waals surface area contributed by atoms with Crippen molar-refractivity contribution >= 4 is 35.2 Å². The van der Waals surface area contributed by atoms with E-state index in [4.69, 9.17) is 21.4 Å². The zero-order chi connectivity index (χ0) is 21.1. The first kappa shape index (κ1) is 21.6. The van der Waals surface area contributed by atoms with Gasteiger partial charge in [0.05, 0.1) is 34.1 Å². The van der Waals surface area contributed by atoms with Gasteiger partial charge in [-0.25, -0.2) is 9.59 Å². The molecule has 1 aliphatic rings. The lowest BCUT2D eigenvalue weighted by molar-refractivity contribution is 0.0636. The Morgan fingerprint density at radius 3 is 2.61 bits per heavy atom. The largest absolute Gasteiger partial charge is 0.465 e. The molecule has 10 heteroatoms. The van der Waals surface area contributed by atoms with E-state index in [1.807, 2.05) is 6.07 Å². The molecule has 9 nitrogen and oxygen atoms in total. The minimum absolute atomic E-state index is 0.147. The van der Waals surface area contributed by atoms with Gasteiger partial charge in [0.25, 0.3) is 0 Å². The van der Waals surface area contributed by atoms with Crippen molar-refractivity contribution in [3.8, 4) is 6.07 Å². The van der Waals surface area contributed by atoms with Crippen LogP contribution in [0.15, 0.2) is 12.1 Å². The van der Waals surface area contributed by atoms with Crippen molar-refractivity contribution in [2.45, 2.75) is 44.9 Å². The summed E-state index contributed by atoms with van der Waals surface area (Å²) in [5, 5.41) is 33.5. The highest BCUT2D eigenvalue weighted by Crippen LogP contribution is 2.33. The number of carboxylic acid groups (broad SMARTS) is 1. The zero-order valence-corrected chi connectivity index (χ0v) is 16.6. The molecule has 152 valence electrons. The van der Waals surface area contributed by atoms with Crippen LogP contribution in [0.5, 0.6) is 0 Å². The number of nitrogens with one attached hydrogen (secondary N) is 2. The van der Waals surface area contributed by atoms with Crippen molar-refractivity contribution in [2.75, 3.05) is 23.3 Å². The number of hydrogen-bond acceptors (Lipinski definition) is 6. The summed E-state index contributed by atoms with van der Waals surface area (Å²) in [6.07, 6.45) is -2.45. The fourth-order valence-electron chi connectivity index (χ4n) is 2.89. The molecule has 28 heavy (non-hydrogen) atoms. The number of aliphatic hydroxyl groups is 1. The molecular weight excluding hydrogens is 388 g/mol. The Labute approximate surface area is 167 Å². The van der Waals surface area contributed by atoms with Crippen molar-refractivity contribution in [1.29, 1.82) is 5.26 Å². The highest BCUT2D eigenvalue weighted by Gasteiger charge is 2.30. The Bertz CT molecular complexity index is 802. The maximum Gasteiger partial charge on any atom is 0.412 e. The molecule has 0 saturated carbocycles. The number of rotatable bonds is 3. The van der Waals surface area contributed by atoms with Crippen LogP contribution in [-0.2, 0) is 4.74 Å². The van der Waals surface area contributed by atoms with E-state index in [1.165, 1.54) is 12.1 Å². The molecule has 0 bridgehead atoms. The number of nitrogens with zero attached hydrogens (tertiary/aromatic N) is 2. The number of halogens is 1. The van der Waals surface area contributed by atoms with Crippen molar-refractivity contribution in [1.82, 2.24) is 5.32 Å². The fraction of sp³-hybridized carbons (Fsp3) is 0.500. The summed E-state index contributed by atoms with van der Waals surface area (Å²) in [5.41, 5.74) is 0.227. The topological polar surface area (TPSA) is 135 Å². The van der Waals surface area contributed by atoms with E-state index in [0.29, 0.717) is 18.7 Å². The average Bonchev–Trinajstić information content (AvgIpc) is 2.55. The minimum atomic E-state index is -1.19. The summed E-state index contributed by atoms with van der Waals surface area (Å²) in [4.78, 5) is 24.5. The summed E-state index contributed by atoms with van der Waals surface area (Å²) in [6, 6.07) is 4.41. The van der Waals surface area contributed by atoms with Gasteiger partial charge < -0.3 is 25.2 Å². The van der Waals surface area contributed by atoms with Crippen LogP contribution in [0.1, 0.15) is 32.8 Å². The highest BCUT2D eigenvalue weighted by atomic mass is 35.5. The van der Waals surface area contributed by atoms with Gasteiger partial charge in [0.2, 0.25) is 0 Å². The standard InChI is InChI=1S/C18H23ClN4O5/c1-18(2,3)28-17(27)22-13-7-11(19)14(6-10(13)8-20)23-5-4-12(15(24)9-23)21-16(25)26/h6-7,12,15,21,24H,4-5,9H2,1-3H3,(H,22,27)(H,25,26)/t12-,15+/m1/s1. The third-order valence-corrected chi connectivity index (χ3v) is 4.38. The number of ether oxygens (including phenoxy) is 1. The molecule has 2 amide bonds. The summed E-state index contributed by atoms with van der Waals surface area (Å²) in [6.45, 7) is 5.76. The highest BCUT2D eigenvalue weighted by molar-refractivity contribution is 6.33. The van der Waals surface area contributed by atoms with E-state index in [1.54, 1.807) is 25.7 Å². The molecule has 1 aliphatic heterocycles. The van der Waals surface area contributed by atoms with Crippen molar-refractivity contribution in [3.05, 3.63) is 22.7 Å². The van der Waals surface area contributed by atoms with Gasteiger partial charge in [-0.1, -0.05) is 11.6 Å². The SMILES string of the molecule is CC(C)(C)OC(=O)Nc1cc(Cl)c(N2CC[C@@H](NC(=O)O)[C@@H](O)C2)cc1C#N. The lowest BCUT2D eigenvalue weighted by Gasteiger charge is -2.37. The Morgan fingerprint density at radius 2 is 2.07 bits per heavy atom. The van der Waals surface area contributed by atoms with Crippen LogP contribution in [0.25, 0.3) is 0 Å². The molecule has 2 atom stereocenters. The molecule has 4 N–H and O–H groups in total. The van der Waals surface area contributed by atoms with Crippen LogP contribution in [0.4, 0.5) is 21.0 Å². The van der Waals surface area contributed by atoms with Gasteiger partial charge in [0.1, 0.15) is 11.7 Å². The molecule has 1 fully saturated rings. The van der Waals surface area contributed by atoms with Gasteiger partial charge in [-0.15, -0.1) is 0 Å². The van der Waals surface area contributed by atoms with Crippen molar-refractivity contribution in [2.24, 2.45) is 0 Å².